The van der Waals surface area contributed by atoms with E-state index in [0.717, 1.165) is 0 Å². The molecule has 2 aliphatic rings. The van der Waals surface area contributed by atoms with Gasteiger partial charge in [-0.05, 0) is 12.5 Å². The summed E-state index contributed by atoms with van der Waals surface area (Å²) in [6.07, 6.45) is 1.22. The Kier molecular flexibility index (Phi) is 2.00. The van der Waals surface area contributed by atoms with Crippen LogP contribution in [0.5, 0.6) is 0 Å². The molecule has 0 bridgehead atoms. The molecule has 2 rings (SSSR count). The van der Waals surface area contributed by atoms with E-state index >= 15 is 0 Å². The number of aliphatic hydroxyl groups is 2. The number of fused-ring (bicyclic) bond motifs is 1. The molecule has 1 aliphatic heterocycles. The van der Waals surface area contributed by atoms with Crippen LogP contribution >= 0.6 is 0 Å². The number of hydrogen-bond donors (Lipinski definition) is 2. The van der Waals surface area contributed by atoms with Crippen LogP contribution in [0, 0.1) is 11.8 Å². The molecular formula is C11H12O3. The smallest absolute Gasteiger partial charge is 0.187 e. The molecular weight excluding hydrogens is 180 g/mol. The van der Waals surface area contributed by atoms with Crippen molar-refractivity contribution >= 4 is 0 Å². The molecule has 2 N–H and O–H groups in total. The number of epoxide rings is 1. The fourth-order valence-corrected chi connectivity index (χ4v) is 1.58. The second-order valence-corrected chi connectivity index (χ2v) is 3.68. The second-order valence-electron chi connectivity index (χ2n) is 3.68. The van der Waals surface area contributed by atoms with Gasteiger partial charge in [-0.3, -0.25) is 0 Å². The van der Waals surface area contributed by atoms with Crippen molar-refractivity contribution in [3.05, 3.63) is 24.3 Å². The van der Waals surface area contributed by atoms with E-state index in [2.05, 4.69) is 18.4 Å². The third kappa shape index (κ3) is 1.28. The lowest BCUT2D eigenvalue weighted by molar-refractivity contribution is 0.144. The normalized spacial score (nSPS) is 43.5. The van der Waals surface area contributed by atoms with Crippen molar-refractivity contribution in [2.75, 3.05) is 0 Å². The maximum absolute atomic E-state index is 9.65. The summed E-state index contributed by atoms with van der Waals surface area (Å²) < 4.78 is 5.26. The number of hydrogen-bond acceptors (Lipinski definition) is 3. The molecule has 1 saturated heterocycles. The van der Waals surface area contributed by atoms with Crippen molar-refractivity contribution in [1.82, 2.24) is 0 Å². The summed E-state index contributed by atoms with van der Waals surface area (Å²) in [4.78, 5) is 0. The van der Waals surface area contributed by atoms with Gasteiger partial charge in [-0.25, -0.2) is 0 Å². The highest BCUT2D eigenvalue weighted by molar-refractivity contribution is 5.40. The van der Waals surface area contributed by atoms with Crippen LogP contribution in [-0.2, 0) is 4.74 Å². The molecule has 14 heavy (non-hydrogen) atoms. The zero-order valence-corrected chi connectivity index (χ0v) is 7.90. The molecule has 0 amide bonds. The Morgan fingerprint density at radius 1 is 1.50 bits per heavy atom. The maximum Gasteiger partial charge on any atom is 0.187 e. The fourth-order valence-electron chi connectivity index (χ4n) is 1.58. The quantitative estimate of drug-likeness (QED) is 0.322. The van der Waals surface area contributed by atoms with Crippen LogP contribution in [0.3, 0.4) is 0 Å². The Labute approximate surface area is 82.7 Å². The van der Waals surface area contributed by atoms with E-state index in [-0.39, 0.29) is 0 Å². The first kappa shape index (κ1) is 9.47. The highest BCUT2D eigenvalue weighted by atomic mass is 16.6. The zero-order chi connectivity index (χ0) is 10.3. The Morgan fingerprint density at radius 3 is 2.86 bits per heavy atom. The first-order valence-corrected chi connectivity index (χ1v) is 4.47. The summed E-state index contributed by atoms with van der Waals surface area (Å²) in [5, 5.41) is 19.1. The highest BCUT2D eigenvalue weighted by Crippen LogP contribution is 2.44. The lowest BCUT2D eigenvalue weighted by Gasteiger charge is -2.16. The predicted octanol–water partition coefficient (Wildman–Crippen LogP) is -0.00490. The van der Waals surface area contributed by atoms with Crippen LogP contribution in [0.4, 0.5) is 0 Å². The van der Waals surface area contributed by atoms with Gasteiger partial charge in [0.1, 0.15) is 18.3 Å². The van der Waals surface area contributed by atoms with E-state index in [1.807, 2.05) is 0 Å². The number of aliphatic hydroxyl groups excluding tert-OH is 2. The minimum absolute atomic E-state index is 0.394. The summed E-state index contributed by atoms with van der Waals surface area (Å²) in [5.41, 5.74) is -0.183. The Morgan fingerprint density at radius 2 is 2.21 bits per heavy atom. The standard InChI is InChI=1S/C11H12O3/c1-7(2)5-6-11-9(13)4-3-8(12)10(11)14-11/h3-4,8-10,12-13H,1H2,2H3/t8-,9-,10+,11-/m0/s1. The van der Waals surface area contributed by atoms with E-state index in [9.17, 15) is 10.2 Å². The molecule has 1 aliphatic carbocycles. The van der Waals surface area contributed by atoms with Crippen LogP contribution in [0.25, 0.3) is 0 Å². The summed E-state index contributed by atoms with van der Waals surface area (Å²) in [6, 6.07) is 0. The molecule has 0 saturated carbocycles. The van der Waals surface area contributed by atoms with Gasteiger partial charge in [-0.1, -0.05) is 30.6 Å². The molecule has 0 unspecified atom stereocenters. The topological polar surface area (TPSA) is 53.0 Å². The Bertz CT molecular complexity index is 360. The summed E-state index contributed by atoms with van der Waals surface area (Å²) in [6.45, 7) is 5.42. The van der Waals surface area contributed by atoms with Gasteiger partial charge in [0.2, 0.25) is 0 Å². The average Bonchev–Trinajstić information content (AvgIpc) is 2.86. The van der Waals surface area contributed by atoms with Crippen LogP contribution in [-0.4, -0.2) is 34.1 Å². The van der Waals surface area contributed by atoms with Gasteiger partial charge in [-0.15, -0.1) is 0 Å². The minimum Gasteiger partial charge on any atom is -0.386 e. The number of allylic oxidation sites excluding steroid dienone is 1. The van der Waals surface area contributed by atoms with Crippen LogP contribution in [0.2, 0.25) is 0 Å². The van der Waals surface area contributed by atoms with Gasteiger partial charge in [0.15, 0.2) is 5.60 Å². The zero-order valence-electron chi connectivity index (χ0n) is 7.90. The minimum atomic E-state index is -0.896. The molecule has 4 atom stereocenters. The van der Waals surface area contributed by atoms with Crippen molar-refractivity contribution in [1.29, 1.82) is 0 Å². The van der Waals surface area contributed by atoms with Crippen molar-refractivity contribution in [2.24, 2.45) is 0 Å². The Hall–Kier alpha value is -1.08. The molecule has 1 heterocycles. The van der Waals surface area contributed by atoms with Gasteiger partial charge >= 0.3 is 0 Å². The Balaban J connectivity index is 2.24. The molecule has 0 radical (unpaired) electrons. The lowest BCUT2D eigenvalue weighted by Crippen LogP contribution is -2.36. The van der Waals surface area contributed by atoms with Gasteiger partial charge in [0.25, 0.3) is 0 Å². The van der Waals surface area contributed by atoms with Crippen LogP contribution < -0.4 is 0 Å². The summed E-state index contributed by atoms with van der Waals surface area (Å²) >= 11 is 0. The molecule has 0 aromatic carbocycles. The van der Waals surface area contributed by atoms with Crippen molar-refractivity contribution in [2.45, 2.75) is 30.8 Å². The molecule has 3 heteroatoms. The van der Waals surface area contributed by atoms with E-state index < -0.39 is 23.9 Å². The first-order valence-electron chi connectivity index (χ1n) is 4.47. The average molecular weight is 192 g/mol. The third-order valence-electron chi connectivity index (χ3n) is 2.40. The summed E-state index contributed by atoms with van der Waals surface area (Å²) in [5.74, 6) is 5.59. The predicted molar refractivity (Wildman–Crippen MR) is 51.3 cm³/mol. The largest absolute Gasteiger partial charge is 0.386 e. The van der Waals surface area contributed by atoms with Gasteiger partial charge < -0.3 is 14.9 Å². The second kappa shape index (κ2) is 2.96. The SMILES string of the molecule is C=C(C)C#C[C@@]12O[C@@H]1[C@@H](O)C=C[C@@H]2O. The van der Waals surface area contributed by atoms with Gasteiger partial charge in [0, 0.05) is 0 Å². The van der Waals surface area contributed by atoms with Crippen LogP contribution in [0.1, 0.15) is 6.92 Å². The van der Waals surface area contributed by atoms with E-state index in [1.165, 1.54) is 12.2 Å². The number of rotatable bonds is 0. The molecule has 1 fully saturated rings. The van der Waals surface area contributed by atoms with Crippen molar-refractivity contribution < 1.29 is 14.9 Å². The maximum atomic E-state index is 9.65. The molecule has 0 spiro atoms. The molecule has 3 nitrogen and oxygen atoms in total. The monoisotopic (exact) mass is 192 g/mol. The molecule has 74 valence electrons. The van der Waals surface area contributed by atoms with Gasteiger partial charge in [0.05, 0.1) is 0 Å². The highest BCUT2D eigenvalue weighted by Gasteiger charge is 2.64. The van der Waals surface area contributed by atoms with Crippen molar-refractivity contribution in [3.63, 3.8) is 0 Å². The van der Waals surface area contributed by atoms with Gasteiger partial charge in [-0.2, -0.15) is 0 Å². The third-order valence-corrected chi connectivity index (χ3v) is 2.40. The lowest BCUT2D eigenvalue weighted by atomic mass is 9.90. The van der Waals surface area contributed by atoms with E-state index in [1.54, 1.807) is 6.92 Å². The summed E-state index contributed by atoms with van der Waals surface area (Å²) in [7, 11) is 0. The molecule has 0 aromatic rings. The van der Waals surface area contributed by atoms with E-state index in [0.29, 0.717) is 5.57 Å². The molecule has 0 aromatic heterocycles. The number of ether oxygens (including phenoxy) is 1. The van der Waals surface area contributed by atoms with E-state index in [4.69, 9.17) is 4.74 Å². The fraction of sp³-hybridized carbons (Fsp3) is 0.455. The first-order chi connectivity index (χ1) is 6.56. The van der Waals surface area contributed by atoms with Crippen LogP contribution in [0.15, 0.2) is 24.3 Å². The van der Waals surface area contributed by atoms with Crippen molar-refractivity contribution in [3.8, 4) is 11.8 Å².